The molecule has 0 saturated heterocycles. The lowest BCUT2D eigenvalue weighted by atomic mass is 9.37. The van der Waals surface area contributed by atoms with E-state index in [0.29, 0.717) is 22.7 Å². The molecule has 0 N–H and O–H groups in total. The van der Waals surface area contributed by atoms with Crippen LogP contribution in [0.5, 0.6) is 0 Å². The van der Waals surface area contributed by atoms with E-state index in [1.807, 2.05) is 0 Å². The van der Waals surface area contributed by atoms with Crippen molar-refractivity contribution in [2.75, 3.05) is 0 Å². The van der Waals surface area contributed by atoms with Crippen molar-refractivity contribution in [2.45, 2.75) is 62.2 Å². The van der Waals surface area contributed by atoms with E-state index in [2.05, 4.69) is 143 Å². The third-order valence-electron chi connectivity index (χ3n) is 17.2. The van der Waals surface area contributed by atoms with Gasteiger partial charge in [0.1, 0.15) is 0 Å². The standard InChI is InChI=1S/C56H38N4/c1-2-12-32-29(10-1)11-9-19-39(32)59-40-18-8-7-17-37(40)47-41(59)20-38-48-42(25-58-53-46-35-15-5-3-13-33(35)45(50(48)53)34-14-4-6-16-36(34)46)60-43-26-57-52-31-23-55-21-30(22-56(24-31,27-55)28-55)44(52)49(43)51(47)54(38)60/h1-20,25-26,30-31,45-46H,21-24,27-28H2. The van der Waals surface area contributed by atoms with E-state index in [1.54, 1.807) is 5.56 Å². The summed E-state index contributed by atoms with van der Waals surface area (Å²) in [6.45, 7) is 0. The Balaban J connectivity index is 1.11. The van der Waals surface area contributed by atoms with Gasteiger partial charge in [0.15, 0.2) is 0 Å². The lowest BCUT2D eigenvalue weighted by Crippen LogP contribution is -2.56. The molecule has 10 aliphatic carbocycles. The third-order valence-corrected chi connectivity index (χ3v) is 17.2. The Kier molecular flexibility index (Phi) is 4.95. The quantitative estimate of drug-likeness (QED) is 0.167. The average molecular weight is 767 g/mol. The molecule has 5 aromatic heterocycles. The Morgan fingerprint density at radius 3 is 1.85 bits per heavy atom. The second-order valence-electron chi connectivity index (χ2n) is 20.1. The highest BCUT2D eigenvalue weighted by Gasteiger charge is 2.66. The fourth-order valence-corrected chi connectivity index (χ4v) is 16.0. The van der Waals surface area contributed by atoms with Gasteiger partial charge in [-0.2, -0.15) is 0 Å². The molecule has 0 atom stereocenters. The van der Waals surface area contributed by atoms with Gasteiger partial charge in [0, 0.05) is 55.2 Å². The van der Waals surface area contributed by atoms with Crippen LogP contribution < -0.4 is 0 Å². The topological polar surface area (TPSA) is 35.1 Å². The van der Waals surface area contributed by atoms with Crippen LogP contribution in [-0.2, 0) is 0 Å². The molecule has 6 bridgehead atoms. The molecule has 0 amide bonds. The van der Waals surface area contributed by atoms with E-state index in [9.17, 15) is 0 Å². The summed E-state index contributed by atoms with van der Waals surface area (Å²) in [7, 11) is 0. The van der Waals surface area contributed by atoms with E-state index in [0.717, 1.165) is 0 Å². The van der Waals surface area contributed by atoms with Crippen molar-refractivity contribution >= 4 is 70.7 Å². The van der Waals surface area contributed by atoms with E-state index in [4.69, 9.17) is 9.97 Å². The molecule has 6 aromatic carbocycles. The van der Waals surface area contributed by atoms with E-state index < -0.39 is 0 Å². The van der Waals surface area contributed by atoms with Gasteiger partial charge in [-0.1, -0.05) is 103 Å². The molecule has 5 saturated carbocycles. The summed E-state index contributed by atoms with van der Waals surface area (Å²) in [6.07, 6.45) is 12.8. The van der Waals surface area contributed by atoms with Crippen molar-refractivity contribution in [3.63, 3.8) is 0 Å². The van der Waals surface area contributed by atoms with Gasteiger partial charge in [-0.3, -0.25) is 9.97 Å². The molecule has 21 rings (SSSR count). The summed E-state index contributed by atoms with van der Waals surface area (Å²) in [4.78, 5) is 11.2. The molecule has 282 valence electrons. The van der Waals surface area contributed by atoms with Gasteiger partial charge in [-0.05, 0) is 112 Å². The first kappa shape index (κ1) is 30.5. The van der Waals surface area contributed by atoms with Crippen LogP contribution in [0.2, 0.25) is 0 Å². The van der Waals surface area contributed by atoms with Crippen molar-refractivity contribution in [1.82, 2.24) is 18.9 Å². The number of rotatable bonds is 1. The molecule has 2 spiro atoms. The number of aromatic nitrogens is 4. The van der Waals surface area contributed by atoms with Crippen LogP contribution in [0.1, 0.15) is 107 Å². The molecule has 4 nitrogen and oxygen atoms in total. The first-order valence-electron chi connectivity index (χ1n) is 22.3. The SMILES string of the molecule is c1ccc2c(c1)C1c3ccccc3C2c2c1ncc1c2c2cc3c(c4ccccc4n3-c3cccc4ccccc34)c3c4c5c(ncc4n1c23)C1CC23CC5CC(C1)(C2)C3. The maximum Gasteiger partial charge on any atom is 0.0729 e. The van der Waals surface area contributed by atoms with Gasteiger partial charge in [-0.15, -0.1) is 0 Å². The first-order chi connectivity index (χ1) is 29.7. The molecule has 5 heterocycles. The number of hydrogen-bond acceptors (Lipinski definition) is 2. The van der Waals surface area contributed by atoms with Crippen LogP contribution >= 0.6 is 0 Å². The maximum atomic E-state index is 5.62. The van der Waals surface area contributed by atoms with Gasteiger partial charge >= 0.3 is 0 Å². The minimum absolute atomic E-state index is 0.120. The smallest absolute Gasteiger partial charge is 0.0729 e. The highest BCUT2D eigenvalue weighted by molar-refractivity contribution is 6.36. The Hall–Kier alpha value is -6.52. The molecular formula is C56H38N4. The number of benzene rings is 6. The number of pyridine rings is 2. The minimum atomic E-state index is 0.120. The Morgan fingerprint density at radius 1 is 0.467 bits per heavy atom. The number of fused-ring (bicyclic) bond motifs is 11. The van der Waals surface area contributed by atoms with Crippen LogP contribution in [0, 0.1) is 10.8 Å². The molecular weight excluding hydrogens is 729 g/mol. The van der Waals surface area contributed by atoms with Gasteiger partial charge in [0.05, 0.1) is 57.3 Å². The Bertz CT molecular complexity index is 3760. The fourth-order valence-electron chi connectivity index (χ4n) is 16.0. The van der Waals surface area contributed by atoms with Crippen molar-refractivity contribution in [1.29, 1.82) is 0 Å². The fraction of sp³-hybridized carbons (Fsp3) is 0.214. The van der Waals surface area contributed by atoms with Gasteiger partial charge in [0.2, 0.25) is 0 Å². The van der Waals surface area contributed by atoms with E-state index >= 15 is 0 Å². The van der Waals surface area contributed by atoms with E-state index in [1.165, 1.54) is 154 Å². The van der Waals surface area contributed by atoms with E-state index in [-0.39, 0.29) is 11.8 Å². The predicted octanol–water partition coefficient (Wildman–Crippen LogP) is 13.4. The number of hydrogen-bond donors (Lipinski definition) is 0. The molecule has 0 radical (unpaired) electrons. The summed E-state index contributed by atoms with van der Waals surface area (Å²) in [5.41, 5.74) is 20.0. The average Bonchev–Trinajstić information content (AvgIpc) is 3.89. The highest BCUT2D eigenvalue weighted by atomic mass is 15.0. The zero-order valence-corrected chi connectivity index (χ0v) is 33.0. The van der Waals surface area contributed by atoms with Crippen LogP contribution in [0.4, 0.5) is 0 Å². The summed E-state index contributed by atoms with van der Waals surface area (Å²) in [6, 6.07) is 46.0. The predicted molar refractivity (Wildman–Crippen MR) is 241 cm³/mol. The van der Waals surface area contributed by atoms with Gasteiger partial charge in [-0.25, -0.2) is 0 Å². The van der Waals surface area contributed by atoms with Crippen LogP contribution in [0.25, 0.3) is 76.4 Å². The second kappa shape index (κ2) is 9.74. The molecule has 10 aliphatic rings. The Labute approximate surface area is 345 Å². The number of nitrogens with zero attached hydrogens (tertiary/aromatic N) is 4. The number of para-hydroxylation sites is 1. The lowest BCUT2D eigenvalue weighted by molar-refractivity contribution is -0.150. The van der Waals surface area contributed by atoms with Crippen molar-refractivity contribution in [2.24, 2.45) is 10.8 Å². The van der Waals surface area contributed by atoms with Gasteiger partial charge < -0.3 is 8.97 Å². The molecule has 60 heavy (non-hydrogen) atoms. The van der Waals surface area contributed by atoms with Crippen molar-refractivity contribution < 1.29 is 0 Å². The largest absolute Gasteiger partial charge is 0.309 e. The van der Waals surface area contributed by atoms with Crippen molar-refractivity contribution in [3.05, 3.63) is 178 Å². The summed E-state index contributed by atoms with van der Waals surface area (Å²) in [5, 5.41) is 10.9. The second-order valence-corrected chi connectivity index (χ2v) is 20.1. The summed E-state index contributed by atoms with van der Waals surface area (Å²) in [5.74, 6) is 1.39. The minimum Gasteiger partial charge on any atom is -0.309 e. The molecule has 5 fully saturated rings. The zero-order valence-electron chi connectivity index (χ0n) is 33.0. The Morgan fingerprint density at radius 2 is 1.08 bits per heavy atom. The molecule has 4 heteroatoms. The van der Waals surface area contributed by atoms with Crippen LogP contribution in [0.3, 0.4) is 0 Å². The third kappa shape index (κ3) is 3.23. The van der Waals surface area contributed by atoms with Crippen LogP contribution in [-0.4, -0.2) is 18.9 Å². The lowest BCUT2D eigenvalue weighted by Gasteiger charge is -2.67. The highest BCUT2D eigenvalue weighted by Crippen LogP contribution is 2.78. The molecule has 0 aliphatic heterocycles. The maximum absolute atomic E-state index is 5.62. The van der Waals surface area contributed by atoms with Crippen LogP contribution in [0.15, 0.2) is 134 Å². The molecule has 11 aromatic rings. The van der Waals surface area contributed by atoms with Gasteiger partial charge in [0.25, 0.3) is 0 Å². The zero-order chi connectivity index (χ0) is 38.4. The normalized spacial score (nSPS) is 26.4. The van der Waals surface area contributed by atoms with Crippen molar-refractivity contribution in [3.8, 4) is 5.69 Å². The summed E-state index contributed by atoms with van der Waals surface area (Å²) < 4.78 is 5.24. The summed E-state index contributed by atoms with van der Waals surface area (Å²) >= 11 is 0. The monoisotopic (exact) mass is 766 g/mol. The molecule has 0 unspecified atom stereocenters. The first-order valence-corrected chi connectivity index (χ1v) is 22.3.